The van der Waals surface area contributed by atoms with Gasteiger partial charge in [0.2, 0.25) is 0 Å². The zero-order valence-electron chi connectivity index (χ0n) is 9.01. The zero-order valence-corrected chi connectivity index (χ0v) is 11.3. The topological polar surface area (TPSA) is 9.23 Å². The molecule has 17 heavy (non-hydrogen) atoms. The van der Waals surface area contributed by atoms with E-state index in [0.717, 1.165) is 0 Å². The number of ether oxygens (including phenoxy) is 1. The SMILES string of the molecule is COc1ccc(Cl)cc1-c1ccc(Br)cc1F. The van der Waals surface area contributed by atoms with E-state index in [9.17, 15) is 4.39 Å². The summed E-state index contributed by atoms with van der Waals surface area (Å²) in [5, 5.41) is 0.545. The summed E-state index contributed by atoms with van der Waals surface area (Å²) in [4.78, 5) is 0. The first kappa shape index (κ1) is 12.4. The highest BCUT2D eigenvalue weighted by Crippen LogP contribution is 2.34. The van der Waals surface area contributed by atoms with Crippen LogP contribution in [0.2, 0.25) is 5.02 Å². The fourth-order valence-corrected chi connectivity index (χ4v) is 2.10. The molecule has 0 aliphatic heterocycles. The molecule has 0 aromatic heterocycles. The number of hydrogen-bond donors (Lipinski definition) is 0. The van der Waals surface area contributed by atoms with Gasteiger partial charge in [-0.25, -0.2) is 4.39 Å². The third-order valence-corrected chi connectivity index (χ3v) is 3.11. The maximum atomic E-state index is 13.9. The highest BCUT2D eigenvalue weighted by molar-refractivity contribution is 9.10. The lowest BCUT2D eigenvalue weighted by Crippen LogP contribution is -1.90. The standard InChI is InChI=1S/C13H9BrClFO/c1-17-13-5-3-9(15)7-11(13)10-4-2-8(14)6-12(10)16/h2-7H,1H3. The minimum Gasteiger partial charge on any atom is -0.496 e. The molecule has 0 unspecified atom stereocenters. The van der Waals surface area contributed by atoms with Crippen molar-refractivity contribution in [2.45, 2.75) is 0 Å². The molecule has 0 fully saturated rings. The van der Waals surface area contributed by atoms with Gasteiger partial charge in [0.25, 0.3) is 0 Å². The van der Waals surface area contributed by atoms with E-state index in [1.807, 2.05) is 0 Å². The molecule has 0 aliphatic carbocycles. The monoisotopic (exact) mass is 314 g/mol. The van der Waals surface area contributed by atoms with Crippen molar-refractivity contribution in [1.29, 1.82) is 0 Å². The summed E-state index contributed by atoms with van der Waals surface area (Å²) in [7, 11) is 1.55. The zero-order chi connectivity index (χ0) is 12.4. The summed E-state index contributed by atoms with van der Waals surface area (Å²) in [5.74, 6) is 0.274. The average molecular weight is 316 g/mol. The summed E-state index contributed by atoms with van der Waals surface area (Å²) in [6, 6.07) is 9.99. The second-order valence-corrected chi connectivity index (χ2v) is 4.82. The molecule has 0 saturated heterocycles. The normalized spacial score (nSPS) is 10.4. The van der Waals surface area contributed by atoms with E-state index in [1.54, 1.807) is 37.4 Å². The van der Waals surface area contributed by atoms with Crippen LogP contribution in [0.1, 0.15) is 0 Å². The van der Waals surface area contributed by atoms with Crippen LogP contribution >= 0.6 is 27.5 Å². The fourth-order valence-electron chi connectivity index (χ4n) is 1.60. The second kappa shape index (κ2) is 5.07. The van der Waals surface area contributed by atoms with Crippen molar-refractivity contribution in [2.75, 3.05) is 7.11 Å². The van der Waals surface area contributed by atoms with Crippen LogP contribution in [-0.4, -0.2) is 7.11 Å². The van der Waals surface area contributed by atoms with Crippen molar-refractivity contribution in [3.63, 3.8) is 0 Å². The van der Waals surface area contributed by atoms with E-state index in [0.29, 0.717) is 26.4 Å². The second-order valence-electron chi connectivity index (χ2n) is 3.47. The van der Waals surface area contributed by atoms with E-state index in [2.05, 4.69) is 15.9 Å². The van der Waals surface area contributed by atoms with Gasteiger partial charge in [-0.3, -0.25) is 0 Å². The number of rotatable bonds is 2. The Balaban J connectivity index is 2.62. The Labute approximate surface area is 112 Å². The highest BCUT2D eigenvalue weighted by Gasteiger charge is 2.11. The number of halogens is 3. The molecule has 0 heterocycles. The van der Waals surface area contributed by atoms with E-state index in [-0.39, 0.29) is 5.82 Å². The Morgan fingerprint density at radius 3 is 2.53 bits per heavy atom. The Bertz CT molecular complexity index is 557. The van der Waals surface area contributed by atoms with Gasteiger partial charge in [0.05, 0.1) is 7.11 Å². The molecule has 0 bridgehead atoms. The molecular weight excluding hydrogens is 306 g/mol. The predicted molar refractivity (Wildman–Crippen MR) is 71.1 cm³/mol. The molecular formula is C13H9BrClFO. The molecule has 0 radical (unpaired) electrons. The Kier molecular flexibility index (Phi) is 3.69. The van der Waals surface area contributed by atoms with E-state index >= 15 is 0 Å². The first-order chi connectivity index (χ1) is 8.11. The molecule has 88 valence electrons. The summed E-state index contributed by atoms with van der Waals surface area (Å²) < 4.78 is 19.8. The van der Waals surface area contributed by atoms with Crippen molar-refractivity contribution in [2.24, 2.45) is 0 Å². The van der Waals surface area contributed by atoms with Gasteiger partial charge in [-0.1, -0.05) is 33.6 Å². The quantitative estimate of drug-likeness (QED) is 0.764. The summed E-state index contributed by atoms with van der Waals surface area (Å²) in [5.41, 5.74) is 1.11. The first-order valence-corrected chi connectivity index (χ1v) is 6.08. The molecule has 2 rings (SSSR count). The van der Waals surface area contributed by atoms with Gasteiger partial charge in [-0.2, -0.15) is 0 Å². The van der Waals surface area contributed by atoms with Crippen LogP contribution < -0.4 is 4.74 Å². The molecule has 2 aromatic rings. The van der Waals surface area contributed by atoms with Crippen LogP contribution in [0.5, 0.6) is 5.75 Å². The maximum Gasteiger partial charge on any atom is 0.132 e. The molecule has 4 heteroatoms. The van der Waals surface area contributed by atoms with Gasteiger partial charge >= 0.3 is 0 Å². The molecule has 0 N–H and O–H groups in total. The van der Waals surface area contributed by atoms with Crippen molar-refractivity contribution >= 4 is 27.5 Å². The molecule has 0 amide bonds. The van der Waals surface area contributed by atoms with Gasteiger partial charge in [0, 0.05) is 20.6 Å². The van der Waals surface area contributed by atoms with Crippen LogP contribution in [0, 0.1) is 5.82 Å². The number of methoxy groups -OCH3 is 1. The van der Waals surface area contributed by atoms with Gasteiger partial charge in [0.15, 0.2) is 0 Å². The van der Waals surface area contributed by atoms with E-state index in [1.165, 1.54) is 6.07 Å². The lowest BCUT2D eigenvalue weighted by molar-refractivity contribution is 0.416. The minimum atomic E-state index is -0.319. The average Bonchev–Trinajstić information content (AvgIpc) is 2.29. The lowest BCUT2D eigenvalue weighted by Gasteiger charge is -2.10. The lowest BCUT2D eigenvalue weighted by atomic mass is 10.0. The smallest absolute Gasteiger partial charge is 0.132 e. The van der Waals surface area contributed by atoms with Crippen molar-refractivity contribution in [1.82, 2.24) is 0 Å². The van der Waals surface area contributed by atoms with Crippen LogP contribution in [0.15, 0.2) is 40.9 Å². The summed E-state index contributed by atoms with van der Waals surface area (Å²) in [6.07, 6.45) is 0. The summed E-state index contributed by atoms with van der Waals surface area (Å²) >= 11 is 9.14. The number of benzene rings is 2. The van der Waals surface area contributed by atoms with Gasteiger partial charge in [0.1, 0.15) is 11.6 Å². The molecule has 2 aromatic carbocycles. The maximum absolute atomic E-state index is 13.9. The van der Waals surface area contributed by atoms with Crippen molar-refractivity contribution < 1.29 is 9.13 Å². The van der Waals surface area contributed by atoms with E-state index < -0.39 is 0 Å². The Morgan fingerprint density at radius 2 is 1.88 bits per heavy atom. The van der Waals surface area contributed by atoms with Gasteiger partial charge < -0.3 is 4.74 Å². The third kappa shape index (κ3) is 2.61. The molecule has 0 saturated carbocycles. The minimum absolute atomic E-state index is 0.319. The van der Waals surface area contributed by atoms with Crippen LogP contribution in [0.3, 0.4) is 0 Å². The fraction of sp³-hybridized carbons (Fsp3) is 0.0769. The molecule has 0 aliphatic rings. The third-order valence-electron chi connectivity index (χ3n) is 2.38. The Hall–Kier alpha value is -1.06. The summed E-state index contributed by atoms with van der Waals surface area (Å²) in [6.45, 7) is 0. The van der Waals surface area contributed by atoms with Crippen LogP contribution in [0.25, 0.3) is 11.1 Å². The Morgan fingerprint density at radius 1 is 1.12 bits per heavy atom. The predicted octanol–water partition coefficient (Wildman–Crippen LogP) is 4.92. The molecule has 0 atom stereocenters. The van der Waals surface area contributed by atoms with Gasteiger partial charge in [-0.15, -0.1) is 0 Å². The first-order valence-electron chi connectivity index (χ1n) is 4.91. The highest BCUT2D eigenvalue weighted by atomic mass is 79.9. The molecule has 0 spiro atoms. The van der Waals surface area contributed by atoms with Crippen molar-refractivity contribution in [3.05, 3.63) is 51.7 Å². The van der Waals surface area contributed by atoms with E-state index in [4.69, 9.17) is 16.3 Å². The van der Waals surface area contributed by atoms with Crippen LogP contribution in [-0.2, 0) is 0 Å². The molecule has 1 nitrogen and oxygen atoms in total. The largest absolute Gasteiger partial charge is 0.496 e. The number of hydrogen-bond acceptors (Lipinski definition) is 1. The van der Waals surface area contributed by atoms with Crippen molar-refractivity contribution in [3.8, 4) is 16.9 Å². The van der Waals surface area contributed by atoms with Gasteiger partial charge in [-0.05, 0) is 30.3 Å². The van der Waals surface area contributed by atoms with Crippen LogP contribution in [0.4, 0.5) is 4.39 Å².